The van der Waals surface area contributed by atoms with Crippen LogP contribution in [0.4, 0.5) is 4.39 Å². The molecule has 27 heavy (non-hydrogen) atoms. The summed E-state index contributed by atoms with van der Waals surface area (Å²) in [7, 11) is 0. The minimum atomic E-state index is -1.01. The molecule has 144 valence electrons. The fourth-order valence-electron chi connectivity index (χ4n) is 3.35. The molecule has 4 nitrogen and oxygen atoms in total. The van der Waals surface area contributed by atoms with Crippen LogP contribution in [-0.2, 0) is 24.4 Å². The number of halogens is 1. The van der Waals surface area contributed by atoms with Gasteiger partial charge in [0.25, 0.3) is 0 Å². The first kappa shape index (κ1) is 19.4. The highest BCUT2D eigenvalue weighted by Crippen LogP contribution is 2.33. The van der Waals surface area contributed by atoms with Crippen LogP contribution in [-0.4, -0.2) is 23.5 Å². The Hall–Kier alpha value is -2.40. The number of hydrogen-bond acceptors (Lipinski definition) is 3. The van der Waals surface area contributed by atoms with Gasteiger partial charge in [-0.05, 0) is 48.2 Å². The summed E-state index contributed by atoms with van der Waals surface area (Å²) in [6.45, 7) is 7.78. The second-order valence-electron chi connectivity index (χ2n) is 7.39. The summed E-state index contributed by atoms with van der Waals surface area (Å²) in [6.07, 6.45) is -0.932. The van der Waals surface area contributed by atoms with Crippen LogP contribution in [0.5, 0.6) is 5.75 Å². The molecule has 0 aliphatic carbocycles. The number of amides is 1. The predicted molar refractivity (Wildman–Crippen MR) is 104 cm³/mol. The number of benzene rings is 2. The van der Waals surface area contributed by atoms with Gasteiger partial charge in [-0.15, -0.1) is 0 Å². The zero-order valence-corrected chi connectivity index (χ0v) is 16.2. The number of ether oxygens (including phenoxy) is 1. The Balaban J connectivity index is 1.64. The number of rotatable bonds is 6. The molecule has 1 amide bonds. The van der Waals surface area contributed by atoms with Crippen molar-refractivity contribution in [1.29, 1.82) is 0 Å². The summed E-state index contributed by atoms with van der Waals surface area (Å²) < 4.78 is 20.4. The average molecular weight is 370 g/mol. The topological polar surface area (TPSA) is 41.6 Å². The highest BCUT2D eigenvalue weighted by molar-refractivity contribution is 5.72. The third kappa shape index (κ3) is 5.30. The van der Waals surface area contributed by atoms with E-state index in [4.69, 9.17) is 4.74 Å². The first-order valence-electron chi connectivity index (χ1n) is 9.39. The first-order chi connectivity index (χ1) is 12.9. The van der Waals surface area contributed by atoms with Crippen molar-refractivity contribution in [3.05, 3.63) is 64.7 Å². The molecule has 0 radical (unpaired) electrons. The van der Waals surface area contributed by atoms with Gasteiger partial charge in [-0.1, -0.05) is 30.3 Å². The van der Waals surface area contributed by atoms with E-state index < -0.39 is 6.17 Å². The Morgan fingerprint density at radius 1 is 1.22 bits per heavy atom. The van der Waals surface area contributed by atoms with Crippen molar-refractivity contribution in [2.45, 2.75) is 52.7 Å². The normalized spacial score (nSPS) is 16.9. The smallest absolute Gasteiger partial charge is 0.217 e. The molecule has 0 spiro atoms. The van der Waals surface area contributed by atoms with Gasteiger partial charge in [-0.2, -0.15) is 0 Å². The van der Waals surface area contributed by atoms with Gasteiger partial charge in [0.2, 0.25) is 5.91 Å². The first-order valence-corrected chi connectivity index (χ1v) is 9.39. The van der Waals surface area contributed by atoms with E-state index >= 15 is 0 Å². The number of nitrogens with zero attached hydrogens (tertiary/aromatic N) is 1. The lowest BCUT2D eigenvalue weighted by Gasteiger charge is -2.31. The molecule has 0 fully saturated rings. The summed E-state index contributed by atoms with van der Waals surface area (Å²) in [6, 6.07) is 13.8. The van der Waals surface area contributed by atoms with E-state index in [-0.39, 0.29) is 12.0 Å². The highest BCUT2D eigenvalue weighted by atomic mass is 19.1. The molecular weight excluding hydrogens is 343 g/mol. The Bertz CT molecular complexity index is 789. The molecule has 5 heteroatoms. The van der Waals surface area contributed by atoms with Gasteiger partial charge in [0, 0.05) is 33.1 Å². The van der Waals surface area contributed by atoms with E-state index in [1.807, 2.05) is 56.3 Å². The SMILES string of the molecule is CC(=O)NCc1ccc(CN2Cc3ccc(OC(C)C)cc3C(F)C2)cc1. The fraction of sp³-hybridized carbons (Fsp3) is 0.409. The Kier molecular flexibility index (Phi) is 6.11. The van der Waals surface area contributed by atoms with E-state index in [0.717, 1.165) is 34.5 Å². The standard InChI is InChI=1S/C22H27FN2O2/c1-15(2)27-20-9-8-19-13-25(14-22(23)21(19)10-20)12-18-6-4-17(5-7-18)11-24-16(3)26/h4-10,15,22H,11-14H2,1-3H3,(H,24,26). The minimum absolute atomic E-state index is 0.0398. The van der Waals surface area contributed by atoms with Crippen LogP contribution in [0.2, 0.25) is 0 Å². The molecule has 0 aromatic heterocycles. The maximum Gasteiger partial charge on any atom is 0.217 e. The summed E-state index contributed by atoms with van der Waals surface area (Å²) in [5.74, 6) is 0.691. The molecule has 2 aromatic carbocycles. The van der Waals surface area contributed by atoms with Crippen LogP contribution in [0.15, 0.2) is 42.5 Å². The molecule has 0 saturated heterocycles. The average Bonchev–Trinajstić information content (AvgIpc) is 2.61. The van der Waals surface area contributed by atoms with Gasteiger partial charge in [0.05, 0.1) is 6.10 Å². The monoisotopic (exact) mass is 370 g/mol. The van der Waals surface area contributed by atoms with Crippen molar-refractivity contribution >= 4 is 5.91 Å². The summed E-state index contributed by atoms with van der Waals surface area (Å²) >= 11 is 0. The van der Waals surface area contributed by atoms with Gasteiger partial charge in [-0.3, -0.25) is 9.69 Å². The van der Waals surface area contributed by atoms with E-state index in [1.165, 1.54) is 6.92 Å². The maximum atomic E-state index is 14.7. The number of carbonyl (C=O) groups is 1. The molecule has 1 aliphatic heterocycles. The lowest BCUT2D eigenvalue weighted by Crippen LogP contribution is -2.31. The van der Waals surface area contributed by atoms with Gasteiger partial charge >= 0.3 is 0 Å². The molecule has 1 atom stereocenters. The Morgan fingerprint density at radius 3 is 2.59 bits per heavy atom. The molecule has 3 rings (SSSR count). The summed E-state index contributed by atoms with van der Waals surface area (Å²) in [5, 5.41) is 2.79. The number of fused-ring (bicyclic) bond motifs is 1. The molecule has 2 aromatic rings. The second kappa shape index (κ2) is 8.53. The van der Waals surface area contributed by atoms with Crippen LogP contribution in [0, 0.1) is 0 Å². The Labute approximate surface area is 160 Å². The quantitative estimate of drug-likeness (QED) is 0.831. The lowest BCUT2D eigenvalue weighted by molar-refractivity contribution is -0.119. The summed E-state index contributed by atoms with van der Waals surface area (Å²) in [4.78, 5) is 13.1. The number of alkyl halides is 1. The van der Waals surface area contributed by atoms with E-state index in [9.17, 15) is 9.18 Å². The number of nitrogens with one attached hydrogen (secondary N) is 1. The largest absolute Gasteiger partial charge is 0.491 e. The zero-order chi connectivity index (χ0) is 19.4. The zero-order valence-electron chi connectivity index (χ0n) is 16.2. The molecule has 1 N–H and O–H groups in total. The minimum Gasteiger partial charge on any atom is -0.491 e. The van der Waals surface area contributed by atoms with Crippen LogP contribution < -0.4 is 10.1 Å². The van der Waals surface area contributed by atoms with Crippen LogP contribution in [0.1, 0.15) is 49.2 Å². The molecule has 0 bridgehead atoms. The molecule has 0 saturated carbocycles. The van der Waals surface area contributed by atoms with Gasteiger partial charge < -0.3 is 10.1 Å². The number of hydrogen-bond donors (Lipinski definition) is 1. The van der Waals surface area contributed by atoms with Crippen molar-refractivity contribution < 1.29 is 13.9 Å². The summed E-state index contributed by atoms with van der Waals surface area (Å²) in [5.41, 5.74) is 3.96. The van der Waals surface area contributed by atoms with E-state index in [1.54, 1.807) is 0 Å². The number of carbonyl (C=O) groups excluding carboxylic acids is 1. The van der Waals surface area contributed by atoms with Gasteiger partial charge in [0.1, 0.15) is 11.9 Å². The van der Waals surface area contributed by atoms with Crippen LogP contribution in [0.3, 0.4) is 0 Å². The van der Waals surface area contributed by atoms with Crippen molar-refractivity contribution in [1.82, 2.24) is 10.2 Å². The van der Waals surface area contributed by atoms with E-state index in [2.05, 4.69) is 10.2 Å². The van der Waals surface area contributed by atoms with E-state index in [0.29, 0.717) is 19.6 Å². The molecular formula is C22H27FN2O2. The third-order valence-corrected chi connectivity index (χ3v) is 4.61. The van der Waals surface area contributed by atoms with Gasteiger partial charge in [-0.25, -0.2) is 4.39 Å². The predicted octanol–water partition coefficient (Wildman–Crippen LogP) is 4.14. The van der Waals surface area contributed by atoms with Crippen molar-refractivity contribution in [2.75, 3.05) is 6.54 Å². The molecule has 1 aliphatic rings. The van der Waals surface area contributed by atoms with Crippen LogP contribution >= 0.6 is 0 Å². The highest BCUT2D eigenvalue weighted by Gasteiger charge is 2.25. The molecule has 1 heterocycles. The third-order valence-electron chi connectivity index (χ3n) is 4.61. The fourth-order valence-corrected chi connectivity index (χ4v) is 3.35. The molecule has 1 unspecified atom stereocenters. The second-order valence-corrected chi connectivity index (χ2v) is 7.39. The van der Waals surface area contributed by atoms with Crippen molar-refractivity contribution in [3.63, 3.8) is 0 Å². The Morgan fingerprint density at radius 2 is 1.93 bits per heavy atom. The van der Waals surface area contributed by atoms with Crippen molar-refractivity contribution in [2.24, 2.45) is 0 Å². The van der Waals surface area contributed by atoms with Gasteiger partial charge in [0.15, 0.2) is 0 Å². The van der Waals surface area contributed by atoms with Crippen LogP contribution in [0.25, 0.3) is 0 Å². The van der Waals surface area contributed by atoms with Crippen molar-refractivity contribution in [3.8, 4) is 5.75 Å². The lowest BCUT2D eigenvalue weighted by atomic mass is 9.97. The maximum absolute atomic E-state index is 14.7.